The van der Waals surface area contributed by atoms with E-state index in [0.717, 1.165) is 33.2 Å². The maximum absolute atomic E-state index is 12.3. The van der Waals surface area contributed by atoms with Crippen molar-refractivity contribution in [2.75, 3.05) is 24.5 Å². The third kappa shape index (κ3) is 4.30. The van der Waals surface area contributed by atoms with Gasteiger partial charge in [-0.05, 0) is 68.7 Å². The van der Waals surface area contributed by atoms with Gasteiger partial charge in [-0.25, -0.2) is 4.98 Å². The van der Waals surface area contributed by atoms with Crippen LogP contribution < -0.4 is 4.90 Å². The number of amides is 1. The zero-order valence-corrected chi connectivity index (χ0v) is 19.9. The zero-order chi connectivity index (χ0) is 22.1. The number of thiocarbonyl (C=S) groups is 1. The SMILES string of the molecule is CCN1C(=O)/C(=C\c2cc3sc(/N=N/c4ccc(N5CCCCC5)cc4)nc3s2)OC1=S. The van der Waals surface area contributed by atoms with Crippen LogP contribution >= 0.6 is 34.9 Å². The fraction of sp³-hybridized carbons (Fsp3) is 0.318. The molecule has 0 N–H and O–H groups in total. The Bertz CT molecular complexity index is 1190. The maximum Gasteiger partial charge on any atom is 0.297 e. The van der Waals surface area contributed by atoms with Crippen LogP contribution in [0, 0.1) is 0 Å². The highest BCUT2D eigenvalue weighted by atomic mass is 32.1. The molecule has 3 aromatic rings. The number of ether oxygens (including phenoxy) is 1. The van der Waals surface area contributed by atoms with E-state index in [4.69, 9.17) is 17.0 Å². The lowest BCUT2D eigenvalue weighted by molar-refractivity contribution is -0.122. The highest BCUT2D eigenvalue weighted by Crippen LogP contribution is 2.36. The fourth-order valence-electron chi connectivity index (χ4n) is 3.74. The number of rotatable bonds is 5. The number of azo groups is 1. The van der Waals surface area contributed by atoms with Crippen molar-refractivity contribution >= 4 is 78.1 Å². The number of thiophene rings is 1. The Morgan fingerprint density at radius 2 is 1.94 bits per heavy atom. The van der Waals surface area contributed by atoms with Crippen molar-refractivity contribution in [2.45, 2.75) is 26.2 Å². The number of likely N-dealkylation sites (N-methyl/N-ethyl adjacent to an activating group) is 1. The minimum absolute atomic E-state index is 0.201. The smallest absolute Gasteiger partial charge is 0.297 e. The van der Waals surface area contributed by atoms with Crippen LogP contribution in [0.4, 0.5) is 16.5 Å². The van der Waals surface area contributed by atoms with E-state index in [9.17, 15) is 4.79 Å². The van der Waals surface area contributed by atoms with Crippen LogP contribution in [0.5, 0.6) is 0 Å². The van der Waals surface area contributed by atoms with Crippen LogP contribution in [0.1, 0.15) is 31.1 Å². The van der Waals surface area contributed by atoms with Gasteiger partial charge in [0.25, 0.3) is 11.1 Å². The number of hydrogen-bond acceptors (Lipinski definition) is 9. The number of aromatic nitrogens is 1. The summed E-state index contributed by atoms with van der Waals surface area (Å²) < 4.78 is 6.43. The van der Waals surface area contributed by atoms with Crippen LogP contribution in [0.3, 0.4) is 0 Å². The molecule has 0 aliphatic carbocycles. The van der Waals surface area contributed by atoms with Gasteiger partial charge in [-0.15, -0.1) is 21.6 Å². The lowest BCUT2D eigenvalue weighted by Gasteiger charge is -2.28. The molecule has 0 bridgehead atoms. The molecule has 2 fully saturated rings. The molecule has 0 unspecified atom stereocenters. The van der Waals surface area contributed by atoms with E-state index in [1.807, 2.05) is 25.1 Å². The van der Waals surface area contributed by atoms with Gasteiger partial charge in [-0.1, -0.05) is 11.3 Å². The maximum atomic E-state index is 12.3. The molecule has 1 aromatic carbocycles. The molecule has 1 amide bonds. The molecule has 32 heavy (non-hydrogen) atoms. The second-order valence-electron chi connectivity index (χ2n) is 7.50. The van der Waals surface area contributed by atoms with Crippen LogP contribution in [0.15, 0.2) is 46.3 Å². The number of carbonyl (C=O) groups is 1. The predicted octanol–water partition coefficient (Wildman–Crippen LogP) is 6.27. The summed E-state index contributed by atoms with van der Waals surface area (Å²) >= 11 is 8.04. The van der Waals surface area contributed by atoms with Gasteiger partial charge in [-0.3, -0.25) is 9.69 Å². The Labute approximate surface area is 199 Å². The van der Waals surface area contributed by atoms with Gasteiger partial charge >= 0.3 is 0 Å². The summed E-state index contributed by atoms with van der Waals surface area (Å²) in [6.07, 6.45) is 5.56. The van der Waals surface area contributed by atoms with E-state index in [0.29, 0.717) is 11.7 Å². The molecule has 7 nitrogen and oxygen atoms in total. The van der Waals surface area contributed by atoms with Gasteiger partial charge < -0.3 is 9.64 Å². The second kappa shape index (κ2) is 9.05. The number of benzene rings is 1. The summed E-state index contributed by atoms with van der Waals surface area (Å²) in [5.41, 5.74) is 2.05. The van der Waals surface area contributed by atoms with Gasteiger partial charge in [-0.2, -0.15) is 0 Å². The van der Waals surface area contributed by atoms with E-state index in [1.165, 1.54) is 52.5 Å². The molecule has 164 valence electrons. The minimum Gasteiger partial charge on any atom is -0.425 e. The molecular formula is C22H21N5O2S3. The molecular weight excluding hydrogens is 462 g/mol. The summed E-state index contributed by atoms with van der Waals surface area (Å²) in [6, 6.07) is 10.2. The first-order valence-corrected chi connectivity index (χ1v) is 12.6. The van der Waals surface area contributed by atoms with Gasteiger partial charge in [0.15, 0.2) is 5.76 Å². The first-order valence-electron chi connectivity index (χ1n) is 10.5. The monoisotopic (exact) mass is 483 g/mol. The number of fused-ring (bicyclic) bond motifs is 1. The molecule has 0 radical (unpaired) electrons. The number of anilines is 1. The number of thiazole rings is 1. The van der Waals surface area contributed by atoms with Crippen molar-refractivity contribution in [3.05, 3.63) is 41.0 Å². The average Bonchev–Trinajstić information content (AvgIpc) is 3.44. The van der Waals surface area contributed by atoms with Crippen LogP contribution in [0.2, 0.25) is 0 Å². The van der Waals surface area contributed by atoms with E-state index in [2.05, 4.69) is 32.2 Å². The van der Waals surface area contributed by atoms with E-state index >= 15 is 0 Å². The predicted molar refractivity (Wildman–Crippen MR) is 133 cm³/mol. The van der Waals surface area contributed by atoms with Crippen LogP contribution in [-0.2, 0) is 9.53 Å². The van der Waals surface area contributed by atoms with E-state index < -0.39 is 0 Å². The molecule has 2 saturated heterocycles. The summed E-state index contributed by atoms with van der Waals surface area (Å²) in [5, 5.41) is 9.46. The standard InChI is InChI=1S/C22H21N5O2S3/c1-2-27-20(28)17(29-22(27)30)12-16-13-18-19(31-16)23-21(32-18)25-24-14-6-8-15(9-7-14)26-10-4-3-5-11-26/h6-9,12-13H,2-5,10-11H2,1H3/b17-12+,25-24+. The Hall–Kier alpha value is -2.69. The van der Waals surface area contributed by atoms with Gasteiger partial charge in [0.1, 0.15) is 4.83 Å². The van der Waals surface area contributed by atoms with Crippen molar-refractivity contribution in [1.29, 1.82) is 0 Å². The molecule has 2 aliphatic heterocycles. The van der Waals surface area contributed by atoms with Crippen LogP contribution in [0.25, 0.3) is 15.6 Å². The number of piperidine rings is 1. The number of nitrogens with zero attached hydrogens (tertiary/aromatic N) is 5. The fourth-order valence-corrected chi connectivity index (χ4v) is 6.02. The third-order valence-electron chi connectivity index (χ3n) is 5.38. The van der Waals surface area contributed by atoms with Crippen molar-refractivity contribution in [3.8, 4) is 0 Å². The minimum atomic E-state index is -0.206. The summed E-state index contributed by atoms with van der Waals surface area (Å²) in [6.45, 7) is 4.60. The molecule has 10 heteroatoms. The lowest BCUT2D eigenvalue weighted by atomic mass is 10.1. The Kier molecular flexibility index (Phi) is 5.99. The largest absolute Gasteiger partial charge is 0.425 e. The average molecular weight is 484 g/mol. The normalized spacial score (nSPS) is 18.5. The van der Waals surface area contributed by atoms with Crippen LogP contribution in [-0.4, -0.2) is 40.6 Å². The first-order chi connectivity index (χ1) is 15.6. The molecule has 0 atom stereocenters. The van der Waals surface area contributed by atoms with E-state index in [1.54, 1.807) is 6.08 Å². The Morgan fingerprint density at radius 1 is 1.16 bits per heavy atom. The van der Waals surface area contributed by atoms with Crippen molar-refractivity contribution in [1.82, 2.24) is 9.88 Å². The Balaban J connectivity index is 1.27. The first kappa shape index (κ1) is 21.2. The van der Waals surface area contributed by atoms with Crippen molar-refractivity contribution in [3.63, 3.8) is 0 Å². The number of hydrogen-bond donors (Lipinski definition) is 0. The topological polar surface area (TPSA) is 70.4 Å². The highest BCUT2D eigenvalue weighted by molar-refractivity contribution is 7.80. The Morgan fingerprint density at radius 3 is 2.62 bits per heavy atom. The summed E-state index contributed by atoms with van der Waals surface area (Å²) in [7, 11) is 0. The molecule has 2 aliphatic rings. The summed E-state index contributed by atoms with van der Waals surface area (Å²) in [5.74, 6) is 0.0432. The molecule has 0 spiro atoms. The molecule has 4 heterocycles. The molecule has 5 rings (SSSR count). The van der Waals surface area contributed by atoms with Crippen molar-refractivity contribution < 1.29 is 9.53 Å². The van der Waals surface area contributed by atoms with Gasteiger partial charge in [0.05, 0.1) is 10.4 Å². The van der Waals surface area contributed by atoms with Gasteiger partial charge in [0.2, 0.25) is 5.13 Å². The lowest BCUT2D eigenvalue weighted by Crippen LogP contribution is -2.29. The van der Waals surface area contributed by atoms with Gasteiger partial charge in [0, 0.05) is 36.3 Å². The third-order valence-corrected chi connectivity index (χ3v) is 7.68. The summed E-state index contributed by atoms with van der Waals surface area (Å²) in [4.78, 5) is 22.5. The van der Waals surface area contributed by atoms with Crippen molar-refractivity contribution in [2.24, 2.45) is 10.2 Å². The zero-order valence-electron chi connectivity index (χ0n) is 17.5. The molecule has 2 aromatic heterocycles. The second-order valence-corrected chi connectivity index (χ2v) is 9.93. The van der Waals surface area contributed by atoms with E-state index in [-0.39, 0.29) is 16.8 Å². The quantitative estimate of drug-likeness (QED) is 0.243. The molecule has 0 saturated carbocycles. The number of carbonyl (C=O) groups excluding carboxylic acids is 1. The highest BCUT2D eigenvalue weighted by Gasteiger charge is 2.32.